The Morgan fingerprint density at radius 2 is 2.30 bits per heavy atom. The third-order valence-electron chi connectivity index (χ3n) is 1.28. The van der Waals surface area contributed by atoms with Gasteiger partial charge in [-0.25, -0.2) is 0 Å². The number of rotatable bonds is 0. The average Bonchev–Trinajstić information content (AvgIpc) is 2.36. The molecule has 1 heterocycles. The normalized spacial score (nSPS) is 10.5. The molecule has 0 bridgehead atoms. The van der Waals surface area contributed by atoms with Crippen molar-refractivity contribution >= 4 is 21.7 Å². The second kappa shape index (κ2) is 2.02. The smallest absolute Gasteiger partial charge is 0.109 e. The van der Waals surface area contributed by atoms with Crippen molar-refractivity contribution in [2.24, 2.45) is 0 Å². The Morgan fingerprint density at radius 3 is 3.10 bits per heavy atom. The van der Waals surface area contributed by atoms with Crippen LogP contribution < -0.4 is 0 Å². The van der Waals surface area contributed by atoms with Crippen LogP contribution in [-0.4, -0.2) is 9.59 Å². The van der Waals surface area contributed by atoms with Crippen LogP contribution in [0.4, 0.5) is 0 Å². The highest BCUT2D eigenvalue weighted by molar-refractivity contribution is 7.12. The standard InChI is InChI=1S/C7H3N2S/c1-5-3-2-4-6-7(5)8-9-10-6/h2-4H. The van der Waals surface area contributed by atoms with Gasteiger partial charge < -0.3 is 0 Å². The summed E-state index contributed by atoms with van der Waals surface area (Å²) < 4.78 is 4.71. The predicted octanol–water partition coefficient (Wildman–Crippen LogP) is 1.63. The lowest BCUT2D eigenvalue weighted by atomic mass is 10.2. The summed E-state index contributed by atoms with van der Waals surface area (Å²) in [5, 5.41) is 3.80. The van der Waals surface area contributed by atoms with E-state index in [1.54, 1.807) is 6.07 Å². The molecule has 0 atom stereocenters. The zero-order chi connectivity index (χ0) is 6.97. The molecule has 2 aromatic rings. The highest BCUT2D eigenvalue weighted by atomic mass is 32.1. The minimum Gasteiger partial charge on any atom is -0.138 e. The number of aromatic nitrogens is 2. The number of fused-ring (bicyclic) bond motifs is 1. The highest BCUT2D eigenvalue weighted by Crippen LogP contribution is 2.17. The Morgan fingerprint density at radius 1 is 1.40 bits per heavy atom. The molecule has 0 N–H and O–H groups in total. The Balaban J connectivity index is 2.95. The lowest BCUT2D eigenvalue weighted by molar-refractivity contribution is 1.19. The Kier molecular flexibility index (Phi) is 1.17. The van der Waals surface area contributed by atoms with Gasteiger partial charge in [0.2, 0.25) is 0 Å². The largest absolute Gasteiger partial charge is 0.138 e. The molecule has 0 aliphatic rings. The number of hydrogen-bond acceptors (Lipinski definition) is 3. The summed E-state index contributed by atoms with van der Waals surface area (Å²) >= 11 is 1.32. The van der Waals surface area contributed by atoms with Crippen LogP contribution in [0.5, 0.6) is 0 Å². The molecule has 0 aliphatic heterocycles. The fourth-order valence-electron chi connectivity index (χ4n) is 0.804. The summed E-state index contributed by atoms with van der Waals surface area (Å²) in [4.78, 5) is 0. The van der Waals surface area contributed by atoms with E-state index >= 15 is 0 Å². The first-order valence-corrected chi connectivity index (χ1v) is 3.58. The van der Waals surface area contributed by atoms with E-state index in [0.29, 0.717) is 11.1 Å². The van der Waals surface area contributed by atoms with Crippen molar-refractivity contribution in [3.05, 3.63) is 30.7 Å². The van der Waals surface area contributed by atoms with Crippen molar-refractivity contribution in [1.82, 2.24) is 9.59 Å². The van der Waals surface area contributed by atoms with Crippen LogP contribution in [0, 0.1) is 6.92 Å². The molecule has 0 unspecified atom stereocenters. The second-order valence-corrected chi connectivity index (χ2v) is 2.71. The van der Waals surface area contributed by atoms with E-state index in [9.17, 15) is 0 Å². The third-order valence-corrected chi connectivity index (χ3v) is 1.97. The van der Waals surface area contributed by atoms with Crippen LogP contribution in [0.25, 0.3) is 10.2 Å². The zero-order valence-electron chi connectivity index (χ0n) is 5.03. The molecule has 0 spiro atoms. The molecule has 0 saturated carbocycles. The van der Waals surface area contributed by atoms with Gasteiger partial charge in [0.05, 0.1) is 4.70 Å². The Hall–Kier alpha value is -0.960. The van der Waals surface area contributed by atoms with E-state index in [-0.39, 0.29) is 0 Å². The van der Waals surface area contributed by atoms with E-state index in [1.807, 2.05) is 12.1 Å². The summed E-state index contributed by atoms with van der Waals surface area (Å²) in [6, 6.07) is 5.46. The molecular weight excluding hydrogens is 144 g/mol. The molecule has 10 heavy (non-hydrogen) atoms. The SMILES string of the molecule is [C]c1cccc2snnc12. The number of hydrogen-bond donors (Lipinski definition) is 0. The van der Waals surface area contributed by atoms with Crippen LogP contribution in [0.1, 0.15) is 5.56 Å². The van der Waals surface area contributed by atoms with Crippen LogP contribution in [0.3, 0.4) is 0 Å². The van der Waals surface area contributed by atoms with Crippen LogP contribution >= 0.6 is 11.5 Å². The van der Waals surface area contributed by atoms with Gasteiger partial charge in [0, 0.05) is 6.92 Å². The Labute approximate surface area is 62.7 Å². The van der Waals surface area contributed by atoms with Gasteiger partial charge in [0.25, 0.3) is 0 Å². The van der Waals surface area contributed by atoms with Gasteiger partial charge >= 0.3 is 0 Å². The summed E-state index contributed by atoms with van der Waals surface area (Å²) in [7, 11) is 0. The van der Waals surface area contributed by atoms with Crippen molar-refractivity contribution in [1.29, 1.82) is 0 Å². The molecule has 2 nitrogen and oxygen atoms in total. The highest BCUT2D eigenvalue weighted by Gasteiger charge is 1.98. The first kappa shape index (κ1) is 5.80. The van der Waals surface area contributed by atoms with E-state index in [2.05, 4.69) is 9.59 Å². The quantitative estimate of drug-likeness (QED) is 0.566. The van der Waals surface area contributed by atoms with Crippen molar-refractivity contribution in [2.45, 2.75) is 0 Å². The van der Waals surface area contributed by atoms with Gasteiger partial charge in [-0.3, -0.25) is 0 Å². The van der Waals surface area contributed by atoms with E-state index < -0.39 is 0 Å². The molecule has 47 valence electrons. The monoisotopic (exact) mass is 147 g/mol. The van der Waals surface area contributed by atoms with Crippen molar-refractivity contribution in [3.8, 4) is 0 Å². The molecule has 3 heteroatoms. The van der Waals surface area contributed by atoms with Crippen LogP contribution in [0.2, 0.25) is 0 Å². The second-order valence-electron chi connectivity index (χ2n) is 1.93. The first-order valence-electron chi connectivity index (χ1n) is 2.80. The maximum absolute atomic E-state index is 7.38. The summed E-state index contributed by atoms with van der Waals surface area (Å²) in [5.41, 5.74) is 1.15. The summed E-state index contributed by atoms with van der Waals surface area (Å²) in [6.07, 6.45) is 0. The minimum absolute atomic E-state index is 0.450. The maximum atomic E-state index is 7.38. The summed E-state index contributed by atoms with van der Waals surface area (Å²) in [6.45, 7) is 7.38. The van der Waals surface area contributed by atoms with Crippen molar-refractivity contribution in [2.75, 3.05) is 0 Å². The minimum atomic E-state index is 0.450. The van der Waals surface area contributed by atoms with E-state index in [4.69, 9.17) is 6.92 Å². The molecule has 0 amide bonds. The summed E-state index contributed by atoms with van der Waals surface area (Å²) in [5.74, 6) is 0. The van der Waals surface area contributed by atoms with Gasteiger partial charge in [-0.15, -0.1) is 5.10 Å². The zero-order valence-corrected chi connectivity index (χ0v) is 5.85. The van der Waals surface area contributed by atoms with E-state index in [1.165, 1.54) is 11.5 Å². The number of benzene rings is 1. The molecule has 0 saturated heterocycles. The molecule has 0 fully saturated rings. The van der Waals surface area contributed by atoms with Crippen molar-refractivity contribution < 1.29 is 0 Å². The van der Waals surface area contributed by atoms with Gasteiger partial charge in [0.1, 0.15) is 5.52 Å². The average molecular weight is 147 g/mol. The predicted molar refractivity (Wildman–Crippen MR) is 39.8 cm³/mol. The molecular formula is C7H3N2S. The topological polar surface area (TPSA) is 25.8 Å². The fourth-order valence-corrected chi connectivity index (χ4v) is 1.39. The van der Waals surface area contributed by atoms with Gasteiger partial charge in [-0.1, -0.05) is 16.6 Å². The third kappa shape index (κ3) is 0.708. The van der Waals surface area contributed by atoms with Crippen LogP contribution in [-0.2, 0) is 0 Å². The maximum Gasteiger partial charge on any atom is 0.109 e. The fraction of sp³-hybridized carbons (Fsp3) is 0. The van der Waals surface area contributed by atoms with Gasteiger partial charge in [0.15, 0.2) is 0 Å². The molecule has 3 radical (unpaired) electrons. The number of nitrogens with zero attached hydrogens (tertiary/aromatic N) is 2. The lowest BCUT2D eigenvalue weighted by Crippen LogP contribution is -1.73. The molecule has 2 rings (SSSR count). The molecule has 1 aromatic heterocycles. The molecule has 0 aliphatic carbocycles. The van der Waals surface area contributed by atoms with Gasteiger partial charge in [-0.2, -0.15) is 0 Å². The Bertz CT molecular complexity index is 353. The van der Waals surface area contributed by atoms with E-state index in [0.717, 1.165) is 4.70 Å². The lowest BCUT2D eigenvalue weighted by Gasteiger charge is -1.87. The molecule has 1 aromatic carbocycles. The van der Waals surface area contributed by atoms with Gasteiger partial charge in [-0.05, 0) is 23.2 Å². The first-order chi connectivity index (χ1) is 4.88. The van der Waals surface area contributed by atoms with Crippen LogP contribution in [0.15, 0.2) is 18.2 Å². The van der Waals surface area contributed by atoms with Crippen molar-refractivity contribution in [3.63, 3.8) is 0 Å².